The monoisotopic (exact) mass is 554 g/mol. The minimum atomic E-state index is -0.446. The zero-order valence-corrected chi connectivity index (χ0v) is 22.3. The van der Waals surface area contributed by atoms with E-state index >= 15 is 0 Å². The number of hydrogen-bond donors (Lipinski definition) is 0. The summed E-state index contributed by atoms with van der Waals surface area (Å²) in [6, 6.07) is 32.3. The van der Waals surface area contributed by atoms with Gasteiger partial charge in [-0.2, -0.15) is 0 Å². The summed E-state index contributed by atoms with van der Waals surface area (Å²) < 4.78 is 19.8. The molecule has 1 aliphatic carbocycles. The first-order chi connectivity index (χ1) is 17.7. The van der Waals surface area contributed by atoms with E-state index in [0.717, 1.165) is 0 Å². The summed E-state index contributed by atoms with van der Waals surface area (Å²) in [5.74, 6) is -1.15. The third kappa shape index (κ3) is 11.3. The van der Waals surface area contributed by atoms with Crippen molar-refractivity contribution in [1.82, 2.24) is 0 Å². The molecule has 5 nitrogen and oxygen atoms in total. The number of ether oxygens (including phenoxy) is 1. The van der Waals surface area contributed by atoms with Crippen molar-refractivity contribution in [3.05, 3.63) is 123 Å². The number of rotatable bonds is 6. The second-order valence-corrected chi connectivity index (χ2v) is 9.42. The van der Waals surface area contributed by atoms with Crippen molar-refractivity contribution in [2.45, 2.75) is 13.3 Å². The predicted octanol–water partition coefficient (Wildman–Crippen LogP) is 4.42. The number of allylic oxidation sites excluding steroid dienone is 1. The van der Waals surface area contributed by atoms with Crippen molar-refractivity contribution in [3.8, 4) is 0 Å². The summed E-state index contributed by atoms with van der Waals surface area (Å²) in [4.78, 5) is 21.8. The van der Waals surface area contributed by atoms with Crippen LogP contribution in [0.3, 0.4) is 0 Å². The van der Waals surface area contributed by atoms with E-state index in [1.165, 1.54) is 15.9 Å². The SMILES string of the molecule is CCOC(=O)C1C=C[CH]CC1[C-]=O.[C-]#[O+].[C-]#[O+].[Fe].c1ccc(P(c2ccccc2)c2ccccc2)cc1. The predicted molar refractivity (Wildman–Crippen MR) is 140 cm³/mol. The standard InChI is InChI=1S/C18H15P.C10H12O3.2CO.Fe/c1-4-10-16(11-5-1)19(17-12-6-2-7-13-17)18-14-8-3-9-15-18;1-2-13-10(12)9-6-4-3-5-8(9)7-11;2*1-2;/h1-15H;3-4,6,8-9H,2,5H2,1H3;;;/q;-1;;;. The van der Waals surface area contributed by atoms with Gasteiger partial charge in [-0.05, 0) is 37.2 Å². The van der Waals surface area contributed by atoms with Crippen LogP contribution >= 0.6 is 7.92 Å². The van der Waals surface area contributed by atoms with E-state index in [1.54, 1.807) is 19.1 Å². The van der Waals surface area contributed by atoms with Crippen molar-refractivity contribution in [3.63, 3.8) is 0 Å². The molecule has 0 heterocycles. The Labute approximate surface area is 231 Å². The summed E-state index contributed by atoms with van der Waals surface area (Å²) >= 11 is 0. The molecule has 2 atom stereocenters. The van der Waals surface area contributed by atoms with Gasteiger partial charge in [0, 0.05) is 17.1 Å². The maximum Gasteiger partial charge on any atom is 0 e. The first-order valence-electron chi connectivity index (χ1n) is 11.1. The topological polar surface area (TPSA) is 83.2 Å². The molecule has 1 aliphatic rings. The number of benzene rings is 3. The quantitative estimate of drug-likeness (QED) is 0.149. The van der Waals surface area contributed by atoms with Gasteiger partial charge in [-0.15, -0.1) is 5.92 Å². The zero-order valence-electron chi connectivity index (χ0n) is 20.3. The zero-order chi connectivity index (χ0) is 26.6. The fourth-order valence-corrected chi connectivity index (χ4v) is 5.79. The summed E-state index contributed by atoms with van der Waals surface area (Å²) in [5, 5.41) is 4.19. The normalized spacial score (nSPS) is 15.0. The maximum absolute atomic E-state index is 11.3. The minimum absolute atomic E-state index is 0. The fraction of sp³-hybridized carbons (Fsp3) is 0.167. The second kappa shape index (κ2) is 21.1. The van der Waals surface area contributed by atoms with Crippen molar-refractivity contribution in [2.75, 3.05) is 6.61 Å². The van der Waals surface area contributed by atoms with Gasteiger partial charge in [-0.1, -0.05) is 110 Å². The van der Waals surface area contributed by atoms with Crippen LogP contribution in [0, 0.1) is 31.6 Å². The van der Waals surface area contributed by atoms with E-state index < -0.39 is 13.8 Å². The molecule has 4 rings (SSSR count). The Morgan fingerprint density at radius 3 is 1.62 bits per heavy atom. The summed E-state index contributed by atoms with van der Waals surface area (Å²) in [6.07, 6.45) is 7.76. The van der Waals surface area contributed by atoms with Gasteiger partial charge in [0.2, 0.25) is 0 Å². The fourth-order valence-electron chi connectivity index (χ4n) is 3.49. The Balaban J connectivity index is 0.000000636. The van der Waals surface area contributed by atoms with Crippen molar-refractivity contribution >= 4 is 36.1 Å². The van der Waals surface area contributed by atoms with Gasteiger partial charge >= 0.3 is 28.6 Å². The Morgan fingerprint density at radius 1 is 0.865 bits per heavy atom. The Bertz CT molecular complexity index is 985. The van der Waals surface area contributed by atoms with E-state index in [0.29, 0.717) is 13.0 Å². The molecule has 7 heteroatoms. The average Bonchev–Trinajstić information content (AvgIpc) is 2.97. The van der Waals surface area contributed by atoms with Gasteiger partial charge in [-0.25, -0.2) is 0 Å². The molecule has 0 saturated carbocycles. The molecule has 0 bridgehead atoms. The van der Waals surface area contributed by atoms with E-state index in [1.807, 2.05) is 12.7 Å². The number of esters is 1. The van der Waals surface area contributed by atoms with Gasteiger partial charge in [0.05, 0.1) is 12.5 Å². The van der Waals surface area contributed by atoms with Gasteiger partial charge in [0.15, 0.2) is 0 Å². The summed E-state index contributed by atoms with van der Waals surface area (Å²) in [7, 11) is -0.446. The molecular weight excluding hydrogens is 527 g/mol. The maximum atomic E-state index is 11.3. The Kier molecular flexibility index (Phi) is 19.4. The van der Waals surface area contributed by atoms with Crippen molar-refractivity contribution < 1.29 is 40.7 Å². The molecule has 0 spiro atoms. The molecule has 0 amide bonds. The number of carbonyl (C=O) groups excluding carboxylic acids is 2. The van der Waals surface area contributed by atoms with Crippen LogP contribution in [0.5, 0.6) is 0 Å². The molecule has 1 radical (unpaired) electrons. The number of carbonyl (C=O) groups is 1. The molecule has 191 valence electrons. The van der Waals surface area contributed by atoms with Crippen LogP contribution in [0.4, 0.5) is 0 Å². The van der Waals surface area contributed by atoms with E-state index in [4.69, 9.17) is 14.0 Å². The largest absolute Gasteiger partial charge is 0.0622 e. The number of hydrogen-bond acceptors (Lipinski definition) is 3. The molecule has 0 N–H and O–H groups in total. The second-order valence-electron chi connectivity index (χ2n) is 7.20. The van der Waals surface area contributed by atoms with Crippen LogP contribution in [0.25, 0.3) is 0 Å². The van der Waals surface area contributed by atoms with E-state index in [2.05, 4.69) is 104 Å². The average molecular weight is 554 g/mol. The Morgan fingerprint density at radius 2 is 1.27 bits per heavy atom. The molecule has 0 aliphatic heterocycles. The van der Waals surface area contributed by atoms with Crippen LogP contribution in [-0.2, 0) is 40.7 Å². The smallest absolute Gasteiger partial charge is 0 e. The Hall–Kier alpha value is -3.03. The minimum Gasteiger partial charge on any atom is -0.0622 e. The molecule has 0 fully saturated rings. The molecule has 37 heavy (non-hydrogen) atoms. The van der Waals surface area contributed by atoms with E-state index in [-0.39, 0.29) is 29.0 Å². The summed E-state index contributed by atoms with van der Waals surface area (Å²) in [6.45, 7) is 11.1. The molecule has 3 aromatic rings. The van der Waals surface area contributed by atoms with E-state index in [9.17, 15) is 9.59 Å². The van der Waals surface area contributed by atoms with Gasteiger partial charge in [0.25, 0.3) is 0 Å². The first-order valence-corrected chi connectivity index (χ1v) is 12.5. The molecule has 0 saturated heterocycles. The third-order valence-corrected chi connectivity index (χ3v) is 7.47. The molecule has 2 unspecified atom stereocenters. The van der Waals surface area contributed by atoms with Gasteiger partial charge in [0.1, 0.15) is 0 Å². The van der Waals surface area contributed by atoms with Crippen LogP contribution in [-0.4, -0.2) is 18.9 Å². The first kappa shape index (κ1) is 34.0. The van der Waals surface area contributed by atoms with Gasteiger partial charge in [-0.3, -0.25) is 11.1 Å². The van der Waals surface area contributed by atoms with Crippen LogP contribution in [0.15, 0.2) is 103 Å². The molecular formula is C30H27FeO5P-. The summed E-state index contributed by atoms with van der Waals surface area (Å²) in [5.41, 5.74) is 0. The molecule has 3 aromatic carbocycles. The van der Waals surface area contributed by atoms with Crippen LogP contribution in [0.2, 0.25) is 0 Å². The van der Waals surface area contributed by atoms with Gasteiger partial charge < -0.3 is 9.53 Å². The van der Waals surface area contributed by atoms with Crippen LogP contribution in [0.1, 0.15) is 13.3 Å². The van der Waals surface area contributed by atoms with Crippen molar-refractivity contribution in [2.24, 2.45) is 11.8 Å². The van der Waals surface area contributed by atoms with Crippen molar-refractivity contribution in [1.29, 1.82) is 0 Å². The van der Waals surface area contributed by atoms with Crippen LogP contribution < -0.4 is 15.9 Å². The molecule has 0 aromatic heterocycles. The third-order valence-electron chi connectivity index (χ3n) is 5.03.